The van der Waals surface area contributed by atoms with Crippen LogP contribution in [0.25, 0.3) is 0 Å². The Morgan fingerprint density at radius 2 is 1.69 bits per heavy atom. The third-order valence-electron chi connectivity index (χ3n) is 6.65. The molecule has 1 N–H and O–H groups in total. The molecule has 2 aromatic rings. The summed E-state index contributed by atoms with van der Waals surface area (Å²) in [7, 11) is -3.92. The van der Waals surface area contributed by atoms with Gasteiger partial charge in [-0.25, -0.2) is 12.7 Å². The average molecular weight is 514 g/mol. The molecule has 9 heteroatoms. The van der Waals surface area contributed by atoms with E-state index in [-0.39, 0.29) is 54.2 Å². The van der Waals surface area contributed by atoms with Gasteiger partial charge in [-0.05, 0) is 56.4 Å². The zero-order valence-corrected chi connectivity index (χ0v) is 22.2. The molecule has 0 spiro atoms. The molecule has 0 unspecified atom stereocenters. The predicted molar refractivity (Wildman–Crippen MR) is 138 cm³/mol. The van der Waals surface area contributed by atoms with Crippen molar-refractivity contribution >= 4 is 27.7 Å². The lowest BCUT2D eigenvalue weighted by atomic mass is 10.0. The molecular formula is C27H35N3O5S. The van der Waals surface area contributed by atoms with Crippen molar-refractivity contribution in [2.75, 3.05) is 6.54 Å². The lowest BCUT2D eigenvalue weighted by Gasteiger charge is -2.32. The van der Waals surface area contributed by atoms with Crippen molar-refractivity contribution in [3.63, 3.8) is 0 Å². The van der Waals surface area contributed by atoms with Gasteiger partial charge in [0.15, 0.2) is 0 Å². The predicted octanol–water partition coefficient (Wildman–Crippen LogP) is 3.64. The van der Waals surface area contributed by atoms with E-state index in [0.29, 0.717) is 6.42 Å². The first-order valence-corrected chi connectivity index (χ1v) is 13.9. The van der Waals surface area contributed by atoms with Crippen LogP contribution in [0.3, 0.4) is 0 Å². The first-order chi connectivity index (χ1) is 17.1. The molecule has 0 aliphatic carbocycles. The van der Waals surface area contributed by atoms with Crippen LogP contribution in [0.2, 0.25) is 0 Å². The molecule has 0 aromatic heterocycles. The molecule has 194 valence electrons. The molecule has 0 bridgehead atoms. The summed E-state index contributed by atoms with van der Waals surface area (Å²) in [6, 6.07) is 13.1. The molecule has 0 fully saturated rings. The first-order valence-electron chi connectivity index (χ1n) is 12.4. The number of carbonyl (C=O) groups is 3. The largest absolute Gasteiger partial charge is 0.352 e. The van der Waals surface area contributed by atoms with Gasteiger partial charge in [0.2, 0.25) is 11.8 Å². The number of nitrogens with zero attached hydrogens (tertiary/aromatic N) is 2. The van der Waals surface area contributed by atoms with Crippen LogP contribution in [0, 0.1) is 6.92 Å². The highest BCUT2D eigenvalue weighted by atomic mass is 32.2. The van der Waals surface area contributed by atoms with Gasteiger partial charge in [-0.1, -0.05) is 50.2 Å². The smallest absolute Gasteiger partial charge is 0.269 e. The molecule has 0 saturated heterocycles. The molecule has 2 aromatic carbocycles. The molecule has 8 nitrogen and oxygen atoms in total. The van der Waals surface area contributed by atoms with Gasteiger partial charge in [-0.2, -0.15) is 0 Å². The third kappa shape index (κ3) is 5.78. The second kappa shape index (κ2) is 11.7. The number of rotatable bonds is 11. The Labute approximate surface area is 213 Å². The number of amides is 3. The van der Waals surface area contributed by atoms with Crippen LogP contribution >= 0.6 is 0 Å². The normalized spacial score (nSPS) is 15.8. The molecule has 3 amide bonds. The molecule has 1 aliphatic rings. The number of hydrogen-bond donors (Lipinski definition) is 1. The maximum Gasteiger partial charge on any atom is 0.269 e. The maximum absolute atomic E-state index is 13.4. The molecule has 3 rings (SSSR count). The number of nitrogens with one attached hydrogen (secondary N) is 1. The van der Waals surface area contributed by atoms with E-state index in [1.807, 2.05) is 52.0 Å². The van der Waals surface area contributed by atoms with Crippen LogP contribution in [0.5, 0.6) is 0 Å². The standard InChI is InChI=1S/C27H35N3O5S/c1-5-20(4)28-26(32)23(6-2)29(18-21-13-8-7-12-19(21)3)25(31)16-11-17-30-27(33)22-14-9-10-15-24(22)36(30,34)35/h7-10,12-15,20,23H,5-6,11,16-18H2,1-4H3,(H,28,32)/t20-,23+/m0/s1. The van der Waals surface area contributed by atoms with Crippen molar-refractivity contribution in [3.8, 4) is 0 Å². The van der Waals surface area contributed by atoms with E-state index in [1.54, 1.807) is 17.0 Å². The summed E-state index contributed by atoms with van der Waals surface area (Å²) in [6.45, 7) is 7.89. The number of fused-ring (bicyclic) bond motifs is 1. The Morgan fingerprint density at radius 1 is 1.03 bits per heavy atom. The van der Waals surface area contributed by atoms with E-state index in [2.05, 4.69) is 5.32 Å². The number of aryl methyl sites for hydroxylation is 1. The first kappa shape index (κ1) is 27.4. The summed E-state index contributed by atoms with van der Waals surface area (Å²) in [5.74, 6) is -1.04. The summed E-state index contributed by atoms with van der Waals surface area (Å²) < 4.78 is 26.5. The van der Waals surface area contributed by atoms with Crippen LogP contribution in [-0.2, 0) is 26.2 Å². The van der Waals surface area contributed by atoms with Gasteiger partial charge in [0.25, 0.3) is 15.9 Å². The fourth-order valence-electron chi connectivity index (χ4n) is 4.30. The van der Waals surface area contributed by atoms with Gasteiger partial charge >= 0.3 is 0 Å². The minimum atomic E-state index is -3.92. The summed E-state index contributed by atoms with van der Waals surface area (Å²) in [5.41, 5.74) is 2.10. The Morgan fingerprint density at radius 3 is 2.33 bits per heavy atom. The SMILES string of the molecule is CC[C@H](C(=O)N[C@@H](C)CC)N(Cc1ccccc1C)C(=O)CCCN1C(=O)c2ccccc2S1(=O)=O. The van der Waals surface area contributed by atoms with E-state index in [1.165, 1.54) is 12.1 Å². The van der Waals surface area contributed by atoms with Gasteiger partial charge in [-0.3, -0.25) is 14.4 Å². The van der Waals surface area contributed by atoms with Gasteiger partial charge < -0.3 is 10.2 Å². The van der Waals surface area contributed by atoms with Crippen LogP contribution in [0.15, 0.2) is 53.4 Å². The zero-order chi connectivity index (χ0) is 26.5. The van der Waals surface area contributed by atoms with Gasteiger partial charge in [0.1, 0.15) is 10.9 Å². The van der Waals surface area contributed by atoms with Crippen LogP contribution in [-0.4, -0.2) is 54.0 Å². The average Bonchev–Trinajstić information content (AvgIpc) is 3.05. The molecule has 1 heterocycles. The molecule has 1 aliphatic heterocycles. The minimum Gasteiger partial charge on any atom is -0.352 e. The minimum absolute atomic E-state index is 0.00438. The van der Waals surface area contributed by atoms with E-state index < -0.39 is 22.0 Å². The van der Waals surface area contributed by atoms with Crippen molar-refractivity contribution in [1.29, 1.82) is 0 Å². The van der Waals surface area contributed by atoms with Gasteiger partial charge in [-0.15, -0.1) is 0 Å². The second-order valence-electron chi connectivity index (χ2n) is 9.17. The maximum atomic E-state index is 13.4. The molecular weight excluding hydrogens is 478 g/mol. The summed E-state index contributed by atoms with van der Waals surface area (Å²) in [5, 5.41) is 2.98. The topological polar surface area (TPSA) is 104 Å². The van der Waals surface area contributed by atoms with Crippen LogP contribution in [0.4, 0.5) is 0 Å². The Kier molecular flexibility index (Phi) is 8.89. The Hall–Kier alpha value is -3.20. The van der Waals surface area contributed by atoms with E-state index in [0.717, 1.165) is 21.9 Å². The number of benzene rings is 2. The van der Waals surface area contributed by atoms with Crippen molar-refractivity contribution in [2.45, 2.75) is 76.9 Å². The zero-order valence-electron chi connectivity index (χ0n) is 21.4. The van der Waals surface area contributed by atoms with Crippen molar-refractivity contribution < 1.29 is 22.8 Å². The van der Waals surface area contributed by atoms with Gasteiger partial charge in [0, 0.05) is 25.6 Å². The van der Waals surface area contributed by atoms with Gasteiger partial charge in [0.05, 0.1) is 5.56 Å². The van der Waals surface area contributed by atoms with Crippen molar-refractivity contribution in [1.82, 2.24) is 14.5 Å². The van der Waals surface area contributed by atoms with Crippen molar-refractivity contribution in [3.05, 3.63) is 65.2 Å². The Bertz CT molecular complexity index is 1230. The summed E-state index contributed by atoms with van der Waals surface area (Å²) in [4.78, 5) is 40.8. The number of sulfonamides is 1. The van der Waals surface area contributed by atoms with E-state index in [9.17, 15) is 22.8 Å². The van der Waals surface area contributed by atoms with E-state index >= 15 is 0 Å². The van der Waals surface area contributed by atoms with Crippen LogP contribution in [0.1, 0.15) is 67.9 Å². The van der Waals surface area contributed by atoms with Crippen molar-refractivity contribution in [2.24, 2.45) is 0 Å². The molecule has 36 heavy (non-hydrogen) atoms. The lowest BCUT2D eigenvalue weighted by molar-refractivity contribution is -0.141. The molecule has 2 atom stereocenters. The van der Waals surface area contributed by atoms with Crippen LogP contribution < -0.4 is 5.32 Å². The monoisotopic (exact) mass is 513 g/mol. The lowest BCUT2D eigenvalue weighted by Crippen LogP contribution is -2.50. The highest BCUT2D eigenvalue weighted by molar-refractivity contribution is 7.90. The Balaban J connectivity index is 1.76. The fraction of sp³-hybridized carbons (Fsp3) is 0.444. The quantitative estimate of drug-likeness (QED) is 0.494. The highest BCUT2D eigenvalue weighted by Gasteiger charge is 2.40. The second-order valence-corrected chi connectivity index (χ2v) is 11.0. The number of carbonyl (C=O) groups excluding carboxylic acids is 3. The van der Waals surface area contributed by atoms with E-state index in [4.69, 9.17) is 0 Å². The molecule has 0 radical (unpaired) electrons. The third-order valence-corrected chi connectivity index (χ3v) is 8.49. The number of hydrogen-bond acceptors (Lipinski definition) is 5. The highest BCUT2D eigenvalue weighted by Crippen LogP contribution is 2.30. The fourth-order valence-corrected chi connectivity index (χ4v) is 5.91. The summed E-state index contributed by atoms with van der Waals surface area (Å²) in [6.07, 6.45) is 1.38. The summed E-state index contributed by atoms with van der Waals surface area (Å²) >= 11 is 0. The molecule has 0 saturated carbocycles.